The fraction of sp³-hybridized carbons (Fsp3) is 0.188. The molecule has 0 saturated carbocycles. The van der Waals surface area contributed by atoms with Crippen LogP contribution in [0.15, 0.2) is 30.3 Å². The molecule has 2 N–H and O–H groups in total. The molecule has 0 bridgehead atoms. The van der Waals surface area contributed by atoms with Gasteiger partial charge in [-0.2, -0.15) is 0 Å². The number of nitrogens with one attached hydrogen (secondary N) is 1. The first kappa shape index (κ1) is 15.3. The molecule has 2 aromatic rings. The lowest BCUT2D eigenvalue weighted by Crippen LogP contribution is -2.12. The average Bonchev–Trinajstić information content (AvgIpc) is 2.81. The summed E-state index contributed by atoms with van der Waals surface area (Å²) >= 11 is 6.32. The fourth-order valence-corrected chi connectivity index (χ4v) is 2.74. The summed E-state index contributed by atoms with van der Waals surface area (Å²) in [6.45, 7) is 1.48. The molecular weight excluding hydrogens is 316 g/mol. The monoisotopic (exact) mass is 330 g/mol. The van der Waals surface area contributed by atoms with Crippen molar-refractivity contribution in [2.45, 2.75) is 6.92 Å². The Hall–Kier alpha value is -2.60. The largest absolute Gasteiger partial charge is 0.512 e. The summed E-state index contributed by atoms with van der Waals surface area (Å²) in [7, 11) is 3.71. The van der Waals surface area contributed by atoms with E-state index in [1.807, 2.05) is 14.1 Å². The molecule has 0 aliphatic carbocycles. The fourth-order valence-electron chi connectivity index (χ4n) is 2.46. The minimum absolute atomic E-state index is 0.0336. The molecule has 1 aromatic carbocycles. The first-order valence-corrected chi connectivity index (χ1v) is 7.31. The van der Waals surface area contributed by atoms with Crippen molar-refractivity contribution in [1.29, 1.82) is 0 Å². The van der Waals surface area contributed by atoms with Crippen molar-refractivity contribution in [3.05, 3.63) is 40.9 Å². The van der Waals surface area contributed by atoms with E-state index >= 15 is 0 Å². The number of benzene rings is 1. The van der Waals surface area contributed by atoms with E-state index in [9.17, 15) is 9.90 Å². The molecule has 1 amide bonds. The van der Waals surface area contributed by atoms with Crippen molar-refractivity contribution < 1.29 is 9.90 Å². The second kappa shape index (κ2) is 5.55. The maximum absolute atomic E-state index is 11.9. The van der Waals surface area contributed by atoms with Crippen LogP contribution in [0.1, 0.15) is 12.5 Å². The van der Waals surface area contributed by atoms with Crippen LogP contribution in [0.4, 0.5) is 11.6 Å². The van der Waals surface area contributed by atoms with Gasteiger partial charge in [0.05, 0.1) is 16.3 Å². The van der Waals surface area contributed by atoms with Crippen molar-refractivity contribution in [2.24, 2.45) is 0 Å². The highest BCUT2D eigenvalue weighted by Gasteiger charge is 2.28. The lowest BCUT2D eigenvalue weighted by molar-refractivity contribution is -0.110. The summed E-state index contributed by atoms with van der Waals surface area (Å²) in [5.41, 5.74) is 2.89. The molecule has 1 aliphatic rings. The van der Waals surface area contributed by atoms with Crippen LogP contribution in [0.25, 0.3) is 16.7 Å². The highest BCUT2D eigenvalue weighted by atomic mass is 35.5. The van der Waals surface area contributed by atoms with Crippen LogP contribution in [0.5, 0.6) is 0 Å². The molecule has 2 heterocycles. The average molecular weight is 331 g/mol. The van der Waals surface area contributed by atoms with E-state index in [1.54, 1.807) is 29.4 Å². The summed E-state index contributed by atoms with van der Waals surface area (Å²) in [4.78, 5) is 22.3. The molecule has 23 heavy (non-hydrogen) atoms. The van der Waals surface area contributed by atoms with E-state index in [0.29, 0.717) is 27.8 Å². The molecule has 0 unspecified atom stereocenters. The van der Waals surface area contributed by atoms with Crippen LogP contribution in [0.2, 0.25) is 5.02 Å². The number of nitrogens with zero attached hydrogens (tertiary/aromatic N) is 3. The van der Waals surface area contributed by atoms with Gasteiger partial charge < -0.3 is 15.3 Å². The van der Waals surface area contributed by atoms with Crippen LogP contribution in [-0.2, 0) is 4.79 Å². The Morgan fingerprint density at radius 2 is 1.87 bits per heavy atom. The van der Waals surface area contributed by atoms with E-state index in [-0.39, 0.29) is 17.2 Å². The summed E-state index contributed by atoms with van der Waals surface area (Å²) in [5.74, 6) is 0.218. The van der Waals surface area contributed by atoms with Gasteiger partial charge in [-0.25, -0.2) is 9.97 Å². The van der Waals surface area contributed by atoms with Crippen molar-refractivity contribution in [2.75, 3.05) is 24.3 Å². The number of hydrogen-bond donors (Lipinski definition) is 2. The van der Waals surface area contributed by atoms with E-state index in [4.69, 9.17) is 11.6 Å². The Bertz CT molecular complexity index is 825. The number of aromatic nitrogens is 2. The van der Waals surface area contributed by atoms with Crippen LogP contribution < -0.4 is 10.2 Å². The molecule has 118 valence electrons. The number of fused-ring (bicyclic) bond motifs is 1. The Labute approximate surface area is 138 Å². The van der Waals surface area contributed by atoms with E-state index in [2.05, 4.69) is 15.3 Å². The number of rotatable bonds is 2. The Kier molecular flexibility index (Phi) is 3.69. The Morgan fingerprint density at radius 1 is 1.22 bits per heavy atom. The number of aliphatic hydroxyl groups excluding tert-OH is 1. The number of hydrogen-bond acceptors (Lipinski definition) is 5. The lowest BCUT2D eigenvalue weighted by Gasteiger charge is -2.11. The number of carbonyl (C=O) groups excluding carboxylic acids is 1. The number of halogens is 1. The Balaban J connectivity index is 2.12. The molecule has 0 atom stereocenters. The van der Waals surface area contributed by atoms with Crippen LogP contribution in [0.3, 0.4) is 0 Å². The summed E-state index contributed by atoms with van der Waals surface area (Å²) < 4.78 is 0. The molecule has 1 aromatic heterocycles. The molecule has 3 rings (SSSR count). The molecule has 0 saturated heterocycles. The van der Waals surface area contributed by atoms with Gasteiger partial charge in [0.15, 0.2) is 0 Å². The smallest absolute Gasteiger partial charge is 0.259 e. The quantitative estimate of drug-likeness (QED) is 0.653. The molecule has 0 fully saturated rings. The van der Waals surface area contributed by atoms with E-state index in [1.165, 1.54) is 6.92 Å². The van der Waals surface area contributed by atoms with Crippen LogP contribution >= 0.6 is 11.6 Å². The van der Waals surface area contributed by atoms with Gasteiger partial charge in [-0.05, 0) is 19.1 Å². The van der Waals surface area contributed by atoms with Crippen molar-refractivity contribution in [3.63, 3.8) is 0 Å². The number of aliphatic hydroxyl groups is 1. The number of amides is 1. The zero-order valence-corrected chi connectivity index (χ0v) is 13.6. The minimum atomic E-state index is -0.340. The molecule has 0 radical (unpaired) electrons. The summed E-state index contributed by atoms with van der Waals surface area (Å²) in [6, 6.07) is 3.43. The van der Waals surface area contributed by atoms with Gasteiger partial charge in [0.1, 0.15) is 5.76 Å². The third kappa shape index (κ3) is 2.61. The number of carbonyl (C=O) groups is 1. The second-order valence-electron chi connectivity index (χ2n) is 5.46. The first-order valence-electron chi connectivity index (χ1n) is 6.93. The third-order valence-corrected chi connectivity index (χ3v) is 3.88. The van der Waals surface area contributed by atoms with Crippen LogP contribution in [-0.4, -0.2) is 35.1 Å². The van der Waals surface area contributed by atoms with Gasteiger partial charge >= 0.3 is 0 Å². The summed E-state index contributed by atoms with van der Waals surface area (Å²) in [5, 5.41) is 12.9. The topological polar surface area (TPSA) is 78.3 Å². The predicted molar refractivity (Wildman–Crippen MR) is 90.7 cm³/mol. The number of allylic oxidation sites excluding steroid dienone is 1. The molecule has 7 heteroatoms. The van der Waals surface area contributed by atoms with Gasteiger partial charge in [-0.1, -0.05) is 11.6 Å². The maximum atomic E-state index is 11.9. The van der Waals surface area contributed by atoms with Gasteiger partial charge in [0.25, 0.3) is 5.91 Å². The van der Waals surface area contributed by atoms with Crippen molar-refractivity contribution in [1.82, 2.24) is 9.97 Å². The lowest BCUT2D eigenvalue weighted by atomic mass is 10.0. The predicted octanol–water partition coefficient (Wildman–Crippen LogP) is 3.10. The maximum Gasteiger partial charge on any atom is 0.259 e. The third-order valence-electron chi connectivity index (χ3n) is 3.56. The van der Waals surface area contributed by atoms with Crippen molar-refractivity contribution in [3.8, 4) is 11.1 Å². The van der Waals surface area contributed by atoms with Crippen molar-refractivity contribution >= 4 is 34.7 Å². The first-order chi connectivity index (χ1) is 10.9. The van der Waals surface area contributed by atoms with Crippen LogP contribution in [0, 0.1) is 0 Å². The SMILES string of the molecule is C/C(O)=C1\C(=O)Nc2cc(Cl)c(-c3cnc(N(C)C)nc3)cc21. The highest BCUT2D eigenvalue weighted by Crippen LogP contribution is 2.40. The highest BCUT2D eigenvalue weighted by molar-refractivity contribution is 6.36. The Morgan fingerprint density at radius 3 is 2.43 bits per heavy atom. The van der Waals surface area contributed by atoms with Gasteiger partial charge in [0, 0.05) is 43.2 Å². The number of anilines is 2. The zero-order valence-electron chi connectivity index (χ0n) is 12.9. The van der Waals surface area contributed by atoms with E-state index < -0.39 is 0 Å². The van der Waals surface area contributed by atoms with Gasteiger partial charge in [-0.3, -0.25) is 4.79 Å². The molecule has 0 spiro atoms. The van der Waals surface area contributed by atoms with Gasteiger partial charge in [-0.15, -0.1) is 0 Å². The molecular formula is C16H15ClN4O2. The standard InChI is InChI=1S/C16H15ClN4O2/c1-8(22)14-11-4-10(12(17)5-13(11)20-15(14)23)9-6-18-16(19-7-9)21(2)3/h4-7,22H,1-3H3,(H,20,23)/b14-8+. The molecule has 1 aliphatic heterocycles. The normalized spacial score (nSPS) is 15.2. The van der Waals surface area contributed by atoms with E-state index in [0.717, 1.165) is 5.56 Å². The molecule has 6 nitrogen and oxygen atoms in total. The summed E-state index contributed by atoms with van der Waals surface area (Å²) in [6.07, 6.45) is 3.35. The second-order valence-corrected chi connectivity index (χ2v) is 5.87. The minimum Gasteiger partial charge on any atom is -0.512 e. The zero-order chi connectivity index (χ0) is 16.7. The van der Waals surface area contributed by atoms with Gasteiger partial charge in [0.2, 0.25) is 5.95 Å².